The molecule has 2 saturated carbocycles. The Hall–Kier alpha value is -1.59. The SMILES string of the molecule is COc1ccc2c(c1)C13CCNC(C2)C12OC14C(=O)NC(CC12)C43. The lowest BCUT2D eigenvalue weighted by Gasteiger charge is -2.66. The number of benzene rings is 1. The van der Waals surface area contributed by atoms with Crippen molar-refractivity contribution in [1.29, 1.82) is 0 Å². The van der Waals surface area contributed by atoms with Crippen molar-refractivity contribution in [3.05, 3.63) is 29.3 Å². The molecule has 1 aromatic rings. The first-order chi connectivity index (χ1) is 11.7. The van der Waals surface area contributed by atoms with Crippen LogP contribution in [0.15, 0.2) is 18.2 Å². The number of amides is 1. The topological polar surface area (TPSA) is 59.6 Å². The first kappa shape index (κ1) is 12.7. The monoisotopic (exact) mass is 324 g/mol. The van der Waals surface area contributed by atoms with Crippen molar-refractivity contribution in [3.63, 3.8) is 0 Å². The van der Waals surface area contributed by atoms with E-state index in [-0.39, 0.29) is 23.0 Å². The number of carbonyl (C=O) groups is 1. The van der Waals surface area contributed by atoms with Gasteiger partial charge in [0.1, 0.15) is 11.4 Å². The largest absolute Gasteiger partial charge is 0.497 e. The predicted molar refractivity (Wildman–Crippen MR) is 84.9 cm³/mol. The van der Waals surface area contributed by atoms with Crippen molar-refractivity contribution < 1.29 is 14.3 Å². The number of carbonyl (C=O) groups excluding carboxylic acids is 1. The molecule has 1 amide bonds. The molecule has 7 rings (SSSR count). The zero-order valence-electron chi connectivity index (χ0n) is 13.6. The number of hydrogen-bond donors (Lipinski definition) is 2. The van der Waals surface area contributed by atoms with Gasteiger partial charge in [-0.3, -0.25) is 4.79 Å². The highest BCUT2D eigenvalue weighted by Gasteiger charge is 2.96. The fourth-order valence-electron chi connectivity index (χ4n) is 7.93. The average molecular weight is 324 g/mol. The van der Waals surface area contributed by atoms with E-state index in [1.54, 1.807) is 7.11 Å². The normalized spacial score (nSPS) is 54.0. The van der Waals surface area contributed by atoms with Crippen molar-refractivity contribution in [2.45, 2.75) is 48.0 Å². The molecule has 5 nitrogen and oxygen atoms in total. The minimum Gasteiger partial charge on any atom is -0.497 e. The van der Waals surface area contributed by atoms with Crippen LogP contribution >= 0.6 is 0 Å². The highest BCUT2D eigenvalue weighted by molar-refractivity contribution is 5.95. The minimum atomic E-state index is -0.542. The zero-order chi connectivity index (χ0) is 15.9. The van der Waals surface area contributed by atoms with Gasteiger partial charge in [-0.15, -0.1) is 0 Å². The van der Waals surface area contributed by atoms with Crippen molar-refractivity contribution in [2.24, 2.45) is 11.8 Å². The van der Waals surface area contributed by atoms with Crippen LogP contribution in [0.1, 0.15) is 24.0 Å². The molecular weight excluding hydrogens is 304 g/mol. The number of hydrogen-bond acceptors (Lipinski definition) is 4. The van der Waals surface area contributed by atoms with E-state index in [4.69, 9.17) is 9.47 Å². The average Bonchev–Trinajstić information content (AvgIpc) is 3.19. The van der Waals surface area contributed by atoms with Crippen LogP contribution in [0.2, 0.25) is 0 Å². The maximum absolute atomic E-state index is 12.7. The quantitative estimate of drug-likeness (QED) is 0.790. The highest BCUT2D eigenvalue weighted by atomic mass is 16.6. The lowest BCUT2D eigenvalue weighted by molar-refractivity contribution is -0.293. The van der Waals surface area contributed by atoms with Crippen molar-refractivity contribution in [1.82, 2.24) is 10.6 Å². The van der Waals surface area contributed by atoms with Crippen LogP contribution < -0.4 is 15.4 Å². The second kappa shape index (κ2) is 3.37. The van der Waals surface area contributed by atoms with Crippen molar-refractivity contribution >= 4 is 5.91 Å². The van der Waals surface area contributed by atoms with Gasteiger partial charge in [-0.05, 0) is 49.1 Å². The predicted octanol–water partition coefficient (Wildman–Crippen LogP) is 0.507. The van der Waals surface area contributed by atoms with Crippen LogP contribution in [0.3, 0.4) is 0 Å². The van der Waals surface area contributed by atoms with Gasteiger partial charge in [0.25, 0.3) is 5.91 Å². The Balaban J connectivity index is 1.57. The highest BCUT2D eigenvalue weighted by Crippen LogP contribution is 2.83. The number of nitrogens with one attached hydrogen (secondary N) is 2. The molecule has 3 heterocycles. The first-order valence-corrected chi connectivity index (χ1v) is 9.10. The molecule has 3 aliphatic carbocycles. The molecule has 7 unspecified atom stereocenters. The third-order valence-electron chi connectivity index (χ3n) is 8.28. The summed E-state index contributed by atoms with van der Waals surface area (Å²) in [5.41, 5.74) is 2.06. The van der Waals surface area contributed by atoms with E-state index in [0.29, 0.717) is 17.9 Å². The summed E-state index contributed by atoms with van der Waals surface area (Å²) in [5.74, 6) is 1.74. The van der Waals surface area contributed by atoms with Gasteiger partial charge in [0.2, 0.25) is 0 Å². The molecule has 7 bridgehead atoms. The molecule has 7 atom stereocenters. The summed E-state index contributed by atoms with van der Waals surface area (Å²) in [7, 11) is 1.73. The summed E-state index contributed by atoms with van der Waals surface area (Å²) in [5, 5.41) is 6.97. The molecule has 6 aliphatic rings. The van der Waals surface area contributed by atoms with Gasteiger partial charge in [-0.1, -0.05) is 6.07 Å². The van der Waals surface area contributed by atoms with Crippen LogP contribution in [-0.2, 0) is 21.4 Å². The van der Waals surface area contributed by atoms with E-state index < -0.39 is 5.60 Å². The molecular formula is C19H20N2O3. The van der Waals surface area contributed by atoms with E-state index in [1.165, 1.54) is 11.1 Å². The van der Waals surface area contributed by atoms with E-state index in [9.17, 15) is 4.79 Å². The fraction of sp³-hybridized carbons (Fsp3) is 0.632. The van der Waals surface area contributed by atoms with Gasteiger partial charge in [0, 0.05) is 29.3 Å². The Morgan fingerprint density at radius 2 is 2.29 bits per heavy atom. The molecule has 5 heteroatoms. The van der Waals surface area contributed by atoms with Crippen LogP contribution in [0.25, 0.3) is 0 Å². The van der Waals surface area contributed by atoms with E-state index in [1.807, 2.05) is 0 Å². The van der Waals surface area contributed by atoms with E-state index in [0.717, 1.165) is 31.6 Å². The Morgan fingerprint density at radius 1 is 1.38 bits per heavy atom. The summed E-state index contributed by atoms with van der Waals surface area (Å²) in [6, 6.07) is 7.15. The maximum atomic E-state index is 12.7. The lowest BCUT2D eigenvalue weighted by Crippen LogP contribution is -2.81. The summed E-state index contributed by atoms with van der Waals surface area (Å²) >= 11 is 0. The second-order valence-corrected chi connectivity index (χ2v) is 8.49. The number of ether oxygens (including phenoxy) is 2. The molecule has 24 heavy (non-hydrogen) atoms. The standard InChI is InChI=1S/C19H20N2O3/c1-23-10-3-2-9-6-14-19-13-8-12-15(18(13,24-19)16(22)21-12)17(19,4-5-20-14)11(9)7-10/h2-3,7,12-15,20H,4-6,8H2,1H3,(H,21,22). The third kappa shape index (κ3) is 0.881. The van der Waals surface area contributed by atoms with Gasteiger partial charge in [0.15, 0.2) is 5.60 Å². The molecule has 3 saturated heterocycles. The number of rotatable bonds is 1. The van der Waals surface area contributed by atoms with Crippen LogP contribution in [0.5, 0.6) is 5.75 Å². The first-order valence-electron chi connectivity index (χ1n) is 9.10. The van der Waals surface area contributed by atoms with Gasteiger partial charge < -0.3 is 20.1 Å². The summed E-state index contributed by atoms with van der Waals surface area (Å²) < 4.78 is 12.2. The Labute approximate surface area is 140 Å². The third-order valence-corrected chi connectivity index (χ3v) is 8.28. The number of methoxy groups -OCH3 is 1. The number of piperidine rings is 2. The Kier molecular flexibility index (Phi) is 1.79. The zero-order valence-corrected chi connectivity index (χ0v) is 13.6. The molecule has 0 aromatic heterocycles. The minimum absolute atomic E-state index is 0.0300. The van der Waals surface area contributed by atoms with Gasteiger partial charge in [0.05, 0.1) is 7.11 Å². The van der Waals surface area contributed by atoms with Crippen LogP contribution in [0.4, 0.5) is 0 Å². The summed E-state index contributed by atoms with van der Waals surface area (Å²) in [6.45, 7) is 1.01. The lowest BCUT2D eigenvalue weighted by atomic mass is 9.49. The van der Waals surface area contributed by atoms with E-state index in [2.05, 4.69) is 28.8 Å². The summed E-state index contributed by atoms with van der Waals surface area (Å²) in [4.78, 5) is 12.7. The van der Waals surface area contributed by atoms with Gasteiger partial charge in [-0.25, -0.2) is 0 Å². The Morgan fingerprint density at radius 3 is 3.17 bits per heavy atom. The molecule has 3 aliphatic heterocycles. The maximum Gasteiger partial charge on any atom is 0.253 e. The molecule has 5 fully saturated rings. The van der Waals surface area contributed by atoms with Gasteiger partial charge >= 0.3 is 0 Å². The molecule has 2 spiro atoms. The molecule has 1 aromatic carbocycles. The second-order valence-electron chi connectivity index (χ2n) is 8.49. The van der Waals surface area contributed by atoms with Crippen molar-refractivity contribution in [2.75, 3.05) is 13.7 Å². The van der Waals surface area contributed by atoms with Gasteiger partial charge in [-0.2, -0.15) is 0 Å². The Bertz CT molecular complexity index is 840. The molecule has 124 valence electrons. The van der Waals surface area contributed by atoms with E-state index >= 15 is 0 Å². The summed E-state index contributed by atoms with van der Waals surface area (Å²) in [6.07, 6.45) is 3.14. The fourth-order valence-corrected chi connectivity index (χ4v) is 7.93. The smallest absolute Gasteiger partial charge is 0.253 e. The van der Waals surface area contributed by atoms with Crippen LogP contribution in [0, 0.1) is 11.8 Å². The molecule has 2 N–H and O–H groups in total. The van der Waals surface area contributed by atoms with Crippen molar-refractivity contribution in [3.8, 4) is 5.75 Å². The number of fused-ring (bicyclic) bond motifs is 1. The molecule has 0 radical (unpaired) electrons. The van der Waals surface area contributed by atoms with Crippen LogP contribution in [-0.4, -0.2) is 42.8 Å².